The zero-order valence-corrected chi connectivity index (χ0v) is 15.4. The number of ether oxygens (including phenoxy) is 1. The van der Waals surface area contributed by atoms with Gasteiger partial charge in [0, 0.05) is 6.42 Å². The summed E-state index contributed by atoms with van der Waals surface area (Å²) < 4.78 is 18.5. The highest BCUT2D eigenvalue weighted by molar-refractivity contribution is 5.69. The summed E-state index contributed by atoms with van der Waals surface area (Å²) in [5, 5.41) is 0. The SMILES string of the molecule is COC(=O)CC[C@@H]1CC[C@@]2(C)CC[C@@H]3c4ccc(F)cc4CC[C@H]3[C@H]12. The van der Waals surface area contributed by atoms with Crippen molar-refractivity contribution in [1.82, 2.24) is 0 Å². The van der Waals surface area contributed by atoms with E-state index in [1.54, 1.807) is 12.1 Å². The average molecular weight is 344 g/mol. The monoisotopic (exact) mass is 344 g/mol. The van der Waals surface area contributed by atoms with E-state index in [2.05, 4.69) is 6.92 Å². The number of hydrogen-bond donors (Lipinski definition) is 0. The lowest BCUT2D eigenvalue weighted by molar-refractivity contribution is -0.141. The van der Waals surface area contributed by atoms with Crippen LogP contribution >= 0.6 is 0 Å². The van der Waals surface area contributed by atoms with E-state index in [4.69, 9.17) is 4.74 Å². The number of carbonyl (C=O) groups is 1. The predicted octanol–water partition coefficient (Wildman–Crippen LogP) is 5.25. The van der Waals surface area contributed by atoms with Gasteiger partial charge in [0.1, 0.15) is 5.82 Å². The van der Waals surface area contributed by atoms with Crippen LogP contribution in [0.25, 0.3) is 0 Å². The fourth-order valence-corrected chi connectivity index (χ4v) is 6.51. The second-order valence-electron chi connectivity index (χ2n) is 8.78. The van der Waals surface area contributed by atoms with E-state index < -0.39 is 0 Å². The van der Waals surface area contributed by atoms with Crippen LogP contribution in [-0.4, -0.2) is 13.1 Å². The highest BCUT2D eigenvalue weighted by Gasteiger charge is 2.54. The van der Waals surface area contributed by atoms with Gasteiger partial charge in [-0.15, -0.1) is 0 Å². The number of methoxy groups -OCH3 is 1. The van der Waals surface area contributed by atoms with E-state index in [0.717, 1.165) is 12.8 Å². The van der Waals surface area contributed by atoms with Crippen LogP contribution in [0.2, 0.25) is 0 Å². The smallest absolute Gasteiger partial charge is 0.305 e. The molecule has 0 N–H and O–H groups in total. The van der Waals surface area contributed by atoms with Crippen molar-refractivity contribution in [2.45, 2.75) is 64.2 Å². The van der Waals surface area contributed by atoms with Gasteiger partial charge < -0.3 is 4.74 Å². The second kappa shape index (κ2) is 6.41. The molecular formula is C22H29FO2. The number of carbonyl (C=O) groups excluding carboxylic acids is 1. The molecule has 1 aromatic carbocycles. The largest absolute Gasteiger partial charge is 0.469 e. The molecule has 0 radical (unpaired) electrons. The van der Waals surface area contributed by atoms with Gasteiger partial charge in [0.05, 0.1) is 7.11 Å². The first-order valence-electron chi connectivity index (χ1n) is 9.87. The van der Waals surface area contributed by atoms with Gasteiger partial charge in [0.2, 0.25) is 0 Å². The normalized spacial score (nSPS) is 36.3. The molecule has 0 saturated heterocycles. The number of fused-ring (bicyclic) bond motifs is 5. The Bertz CT molecular complexity index is 670. The maximum absolute atomic E-state index is 13.6. The fourth-order valence-electron chi connectivity index (χ4n) is 6.51. The van der Waals surface area contributed by atoms with Crippen LogP contribution in [0.5, 0.6) is 0 Å². The minimum Gasteiger partial charge on any atom is -0.469 e. The molecule has 0 aromatic heterocycles. The minimum atomic E-state index is -0.102. The van der Waals surface area contributed by atoms with Crippen molar-refractivity contribution in [3.63, 3.8) is 0 Å². The number of benzene rings is 1. The summed E-state index contributed by atoms with van der Waals surface area (Å²) in [4.78, 5) is 11.6. The Morgan fingerprint density at radius 1 is 1.28 bits per heavy atom. The van der Waals surface area contributed by atoms with Gasteiger partial charge in [-0.3, -0.25) is 4.79 Å². The first-order valence-corrected chi connectivity index (χ1v) is 9.87. The van der Waals surface area contributed by atoms with Crippen molar-refractivity contribution in [2.24, 2.45) is 23.2 Å². The summed E-state index contributed by atoms with van der Waals surface area (Å²) in [5.41, 5.74) is 3.06. The lowest BCUT2D eigenvalue weighted by Crippen LogP contribution is -2.42. The number of halogens is 1. The summed E-state index contributed by atoms with van der Waals surface area (Å²) >= 11 is 0. The van der Waals surface area contributed by atoms with Crippen molar-refractivity contribution in [3.05, 3.63) is 35.1 Å². The molecule has 0 amide bonds. The molecule has 0 unspecified atom stereocenters. The molecule has 0 bridgehead atoms. The number of aryl methyl sites for hydroxylation is 1. The summed E-state index contributed by atoms with van der Waals surface area (Å²) in [6.07, 6.45) is 8.74. The first-order chi connectivity index (χ1) is 12.0. The van der Waals surface area contributed by atoms with E-state index in [1.165, 1.54) is 50.3 Å². The third-order valence-electron chi connectivity index (χ3n) is 7.60. The fraction of sp³-hybridized carbons (Fsp3) is 0.682. The Kier molecular flexibility index (Phi) is 4.37. The van der Waals surface area contributed by atoms with E-state index >= 15 is 0 Å². The predicted molar refractivity (Wildman–Crippen MR) is 95.8 cm³/mol. The van der Waals surface area contributed by atoms with Gasteiger partial charge >= 0.3 is 5.97 Å². The molecule has 3 aliphatic rings. The topological polar surface area (TPSA) is 26.3 Å². The summed E-state index contributed by atoms with van der Waals surface area (Å²) in [6.45, 7) is 2.48. The lowest BCUT2D eigenvalue weighted by Gasteiger charge is -2.51. The van der Waals surface area contributed by atoms with E-state index in [0.29, 0.717) is 35.5 Å². The van der Waals surface area contributed by atoms with Gasteiger partial charge in [-0.2, -0.15) is 0 Å². The van der Waals surface area contributed by atoms with Gasteiger partial charge in [-0.25, -0.2) is 4.39 Å². The highest BCUT2D eigenvalue weighted by Crippen LogP contribution is 2.63. The van der Waals surface area contributed by atoms with Crippen molar-refractivity contribution >= 4 is 5.97 Å². The maximum atomic E-state index is 13.6. The Labute approximate surface area is 150 Å². The highest BCUT2D eigenvalue weighted by atomic mass is 19.1. The molecule has 25 heavy (non-hydrogen) atoms. The average Bonchev–Trinajstić information content (AvgIpc) is 2.96. The molecule has 4 rings (SSSR count). The van der Waals surface area contributed by atoms with Crippen LogP contribution < -0.4 is 0 Å². The number of hydrogen-bond acceptors (Lipinski definition) is 2. The van der Waals surface area contributed by atoms with Gasteiger partial charge in [0.15, 0.2) is 0 Å². The molecule has 2 nitrogen and oxygen atoms in total. The molecule has 3 heteroatoms. The molecule has 5 atom stereocenters. The summed E-state index contributed by atoms with van der Waals surface area (Å²) in [5.74, 6) is 2.44. The first kappa shape index (κ1) is 17.1. The molecule has 0 aliphatic heterocycles. The van der Waals surface area contributed by atoms with Crippen molar-refractivity contribution in [3.8, 4) is 0 Å². The molecule has 2 saturated carbocycles. The molecule has 0 heterocycles. The number of esters is 1. The van der Waals surface area contributed by atoms with Crippen LogP contribution in [0.1, 0.15) is 68.9 Å². The molecule has 0 spiro atoms. The van der Waals surface area contributed by atoms with Crippen molar-refractivity contribution in [2.75, 3.05) is 7.11 Å². The van der Waals surface area contributed by atoms with Gasteiger partial charge in [0.25, 0.3) is 0 Å². The van der Waals surface area contributed by atoms with Crippen LogP contribution in [0.15, 0.2) is 18.2 Å². The van der Waals surface area contributed by atoms with Gasteiger partial charge in [-0.1, -0.05) is 13.0 Å². The molecule has 2 fully saturated rings. The van der Waals surface area contributed by atoms with E-state index in [9.17, 15) is 9.18 Å². The Morgan fingerprint density at radius 2 is 2.08 bits per heavy atom. The zero-order chi connectivity index (χ0) is 17.6. The standard InChI is InChI=1S/C22H29FO2/c1-22-11-9-14(4-8-20(24)25-2)21(22)19-6-3-15-13-16(23)5-7-17(15)18(19)10-12-22/h5,7,13-14,18-19,21H,3-4,6,8-12H2,1-2H3/t14-,18-,19-,21+,22+/m1/s1. The second-order valence-corrected chi connectivity index (χ2v) is 8.78. The quantitative estimate of drug-likeness (QED) is 0.700. The van der Waals surface area contributed by atoms with Gasteiger partial charge in [-0.05, 0) is 97.3 Å². The molecule has 1 aromatic rings. The summed E-state index contributed by atoms with van der Waals surface area (Å²) in [6, 6.07) is 5.43. The Hall–Kier alpha value is -1.38. The van der Waals surface area contributed by atoms with Crippen LogP contribution in [0.4, 0.5) is 4.39 Å². The molecule has 136 valence electrons. The van der Waals surface area contributed by atoms with Crippen LogP contribution in [0.3, 0.4) is 0 Å². The van der Waals surface area contributed by atoms with Crippen molar-refractivity contribution < 1.29 is 13.9 Å². The van der Waals surface area contributed by atoms with E-state index in [-0.39, 0.29) is 11.8 Å². The van der Waals surface area contributed by atoms with E-state index in [1.807, 2.05) is 6.07 Å². The zero-order valence-electron chi connectivity index (χ0n) is 15.4. The summed E-state index contributed by atoms with van der Waals surface area (Å²) in [7, 11) is 1.48. The van der Waals surface area contributed by atoms with Crippen molar-refractivity contribution in [1.29, 1.82) is 0 Å². The Balaban J connectivity index is 1.59. The Morgan fingerprint density at radius 3 is 2.88 bits per heavy atom. The van der Waals surface area contributed by atoms with Crippen LogP contribution in [0, 0.1) is 29.0 Å². The lowest BCUT2D eigenvalue weighted by atomic mass is 9.54. The maximum Gasteiger partial charge on any atom is 0.305 e. The number of rotatable bonds is 3. The molecule has 3 aliphatic carbocycles. The third kappa shape index (κ3) is 2.90. The van der Waals surface area contributed by atoms with Crippen LogP contribution in [-0.2, 0) is 16.0 Å². The molecular weight excluding hydrogens is 315 g/mol. The minimum absolute atomic E-state index is 0.0783. The third-order valence-corrected chi connectivity index (χ3v) is 7.60.